The molecule has 2 rings (SSSR count). The average molecular weight is 281 g/mol. The van der Waals surface area contributed by atoms with E-state index in [-0.39, 0.29) is 6.04 Å². The number of halogens is 2. The van der Waals surface area contributed by atoms with Crippen LogP contribution in [0.2, 0.25) is 10.0 Å². The summed E-state index contributed by atoms with van der Waals surface area (Å²) in [5.41, 5.74) is 2.19. The van der Waals surface area contributed by atoms with Gasteiger partial charge < -0.3 is 5.32 Å². The summed E-state index contributed by atoms with van der Waals surface area (Å²) >= 11 is 12.0. The minimum atomic E-state index is 0.227. The summed E-state index contributed by atoms with van der Waals surface area (Å²) in [6.45, 7) is 2.80. The van der Waals surface area contributed by atoms with E-state index in [1.807, 2.05) is 30.5 Å². The van der Waals surface area contributed by atoms with Gasteiger partial charge in [0.15, 0.2) is 0 Å². The Morgan fingerprint density at radius 3 is 2.78 bits per heavy atom. The van der Waals surface area contributed by atoms with Gasteiger partial charge in [0.1, 0.15) is 0 Å². The Bertz CT molecular complexity index is 514. The van der Waals surface area contributed by atoms with Gasteiger partial charge in [0.2, 0.25) is 0 Å². The third kappa shape index (κ3) is 3.45. The molecule has 1 aromatic heterocycles. The third-order valence-electron chi connectivity index (χ3n) is 2.80. The fraction of sp³-hybridized carbons (Fsp3) is 0.214. The van der Waals surface area contributed by atoms with Crippen molar-refractivity contribution in [2.45, 2.75) is 19.5 Å². The van der Waals surface area contributed by atoms with Gasteiger partial charge in [0.05, 0.1) is 0 Å². The van der Waals surface area contributed by atoms with Crippen molar-refractivity contribution in [1.29, 1.82) is 0 Å². The Kier molecular flexibility index (Phi) is 4.59. The van der Waals surface area contributed by atoms with Gasteiger partial charge in [-0.15, -0.1) is 0 Å². The van der Waals surface area contributed by atoms with Crippen LogP contribution in [0, 0.1) is 0 Å². The van der Waals surface area contributed by atoms with E-state index in [4.69, 9.17) is 23.2 Å². The van der Waals surface area contributed by atoms with Crippen LogP contribution in [0.4, 0.5) is 0 Å². The number of benzene rings is 1. The lowest BCUT2D eigenvalue weighted by molar-refractivity contribution is 0.573. The smallest absolute Gasteiger partial charge is 0.0465 e. The van der Waals surface area contributed by atoms with Crippen molar-refractivity contribution < 1.29 is 0 Å². The summed E-state index contributed by atoms with van der Waals surface area (Å²) in [5, 5.41) is 4.75. The van der Waals surface area contributed by atoms with E-state index in [1.54, 1.807) is 12.3 Å². The zero-order chi connectivity index (χ0) is 13.0. The van der Waals surface area contributed by atoms with E-state index >= 15 is 0 Å². The summed E-state index contributed by atoms with van der Waals surface area (Å²) < 4.78 is 0. The van der Waals surface area contributed by atoms with Crippen molar-refractivity contribution >= 4 is 23.2 Å². The van der Waals surface area contributed by atoms with Crippen LogP contribution >= 0.6 is 23.2 Å². The monoisotopic (exact) mass is 280 g/mol. The Morgan fingerprint density at radius 2 is 2.11 bits per heavy atom. The first-order valence-electron chi connectivity index (χ1n) is 5.74. The lowest BCUT2D eigenvalue weighted by Gasteiger charge is -2.14. The summed E-state index contributed by atoms with van der Waals surface area (Å²) in [7, 11) is 0. The molecular formula is C14H14Cl2N2. The maximum absolute atomic E-state index is 6.12. The fourth-order valence-electron chi connectivity index (χ4n) is 1.68. The minimum absolute atomic E-state index is 0.227. The average Bonchev–Trinajstić information content (AvgIpc) is 2.38. The Balaban J connectivity index is 1.99. The van der Waals surface area contributed by atoms with Crippen molar-refractivity contribution in [2.75, 3.05) is 0 Å². The van der Waals surface area contributed by atoms with E-state index in [2.05, 4.69) is 17.2 Å². The van der Waals surface area contributed by atoms with Gasteiger partial charge in [-0.1, -0.05) is 35.3 Å². The Morgan fingerprint density at radius 1 is 1.28 bits per heavy atom. The second-order valence-corrected chi connectivity index (χ2v) is 4.97. The first-order valence-corrected chi connectivity index (χ1v) is 6.49. The van der Waals surface area contributed by atoms with Crippen LogP contribution < -0.4 is 5.32 Å². The van der Waals surface area contributed by atoms with E-state index in [0.717, 1.165) is 11.1 Å². The molecule has 2 aromatic rings. The highest BCUT2D eigenvalue weighted by Gasteiger charge is 2.06. The van der Waals surface area contributed by atoms with Gasteiger partial charge in [-0.25, -0.2) is 0 Å². The Labute approximate surface area is 117 Å². The second-order valence-electron chi connectivity index (χ2n) is 4.12. The molecular weight excluding hydrogens is 267 g/mol. The van der Waals surface area contributed by atoms with Crippen LogP contribution in [0.3, 0.4) is 0 Å². The lowest BCUT2D eigenvalue weighted by atomic mass is 10.1. The highest BCUT2D eigenvalue weighted by Crippen LogP contribution is 2.21. The van der Waals surface area contributed by atoms with Crippen molar-refractivity contribution in [2.24, 2.45) is 0 Å². The summed E-state index contributed by atoms with van der Waals surface area (Å²) in [5.74, 6) is 0. The molecule has 0 radical (unpaired) electrons. The van der Waals surface area contributed by atoms with Crippen molar-refractivity contribution in [3.63, 3.8) is 0 Å². The van der Waals surface area contributed by atoms with Crippen LogP contribution in [0.15, 0.2) is 42.7 Å². The van der Waals surface area contributed by atoms with E-state index in [0.29, 0.717) is 16.6 Å². The van der Waals surface area contributed by atoms with Crippen LogP contribution in [-0.2, 0) is 6.54 Å². The fourth-order valence-corrected chi connectivity index (χ4v) is 2.15. The highest BCUT2D eigenvalue weighted by atomic mass is 35.5. The SMILES string of the molecule is CC(NCc1ccc(Cl)cc1Cl)c1cccnc1. The molecule has 0 aliphatic carbocycles. The molecule has 18 heavy (non-hydrogen) atoms. The molecule has 0 spiro atoms. The molecule has 0 bridgehead atoms. The predicted molar refractivity (Wildman–Crippen MR) is 76.0 cm³/mol. The molecule has 1 N–H and O–H groups in total. The number of hydrogen-bond donors (Lipinski definition) is 1. The lowest BCUT2D eigenvalue weighted by Crippen LogP contribution is -2.18. The third-order valence-corrected chi connectivity index (χ3v) is 3.39. The first-order chi connectivity index (χ1) is 8.66. The molecule has 0 aliphatic heterocycles. The molecule has 0 amide bonds. The molecule has 2 nitrogen and oxygen atoms in total. The molecule has 1 unspecified atom stereocenters. The molecule has 0 fully saturated rings. The number of aromatic nitrogens is 1. The van der Waals surface area contributed by atoms with Crippen molar-refractivity contribution in [3.05, 3.63) is 63.9 Å². The largest absolute Gasteiger partial charge is 0.306 e. The number of nitrogens with one attached hydrogen (secondary N) is 1. The van der Waals surface area contributed by atoms with E-state index < -0.39 is 0 Å². The quantitative estimate of drug-likeness (QED) is 0.906. The topological polar surface area (TPSA) is 24.9 Å². The molecule has 1 heterocycles. The summed E-state index contributed by atoms with van der Waals surface area (Å²) in [4.78, 5) is 4.11. The number of nitrogens with zero attached hydrogens (tertiary/aromatic N) is 1. The summed E-state index contributed by atoms with van der Waals surface area (Å²) in [6, 6.07) is 9.75. The molecule has 1 atom stereocenters. The normalized spacial score (nSPS) is 12.4. The number of hydrogen-bond acceptors (Lipinski definition) is 2. The van der Waals surface area contributed by atoms with Gasteiger partial charge in [0.25, 0.3) is 0 Å². The van der Waals surface area contributed by atoms with Crippen molar-refractivity contribution in [3.8, 4) is 0 Å². The van der Waals surface area contributed by atoms with Crippen LogP contribution in [0.25, 0.3) is 0 Å². The number of rotatable bonds is 4. The molecule has 94 valence electrons. The van der Waals surface area contributed by atoms with Gasteiger partial charge >= 0.3 is 0 Å². The molecule has 4 heteroatoms. The van der Waals surface area contributed by atoms with Crippen molar-refractivity contribution in [1.82, 2.24) is 10.3 Å². The van der Waals surface area contributed by atoms with E-state index in [9.17, 15) is 0 Å². The molecule has 1 aromatic carbocycles. The number of pyridine rings is 1. The summed E-state index contributed by atoms with van der Waals surface area (Å²) in [6.07, 6.45) is 3.63. The zero-order valence-corrected chi connectivity index (χ0v) is 11.5. The van der Waals surface area contributed by atoms with Gasteiger partial charge in [-0.2, -0.15) is 0 Å². The predicted octanol–water partition coefficient (Wildman–Crippen LogP) is 4.24. The van der Waals surface area contributed by atoms with Crippen LogP contribution in [0.1, 0.15) is 24.1 Å². The van der Waals surface area contributed by atoms with Gasteiger partial charge in [-0.05, 0) is 36.2 Å². The first kappa shape index (κ1) is 13.3. The molecule has 0 aliphatic rings. The Hall–Kier alpha value is -1.09. The maximum atomic E-state index is 6.12. The highest BCUT2D eigenvalue weighted by molar-refractivity contribution is 6.35. The van der Waals surface area contributed by atoms with E-state index in [1.165, 1.54) is 0 Å². The maximum Gasteiger partial charge on any atom is 0.0465 e. The van der Waals surface area contributed by atoms with Crippen LogP contribution in [-0.4, -0.2) is 4.98 Å². The second kappa shape index (κ2) is 6.19. The standard InChI is InChI=1S/C14H14Cl2N2/c1-10(11-3-2-6-17-8-11)18-9-12-4-5-13(15)7-14(12)16/h2-8,10,18H,9H2,1H3. The molecule has 0 saturated heterocycles. The minimum Gasteiger partial charge on any atom is -0.306 e. The van der Waals surface area contributed by atoms with Gasteiger partial charge in [0, 0.05) is 35.0 Å². The van der Waals surface area contributed by atoms with Gasteiger partial charge in [-0.3, -0.25) is 4.98 Å². The zero-order valence-electron chi connectivity index (χ0n) is 10.0. The van der Waals surface area contributed by atoms with Crippen LogP contribution in [0.5, 0.6) is 0 Å². The molecule has 0 saturated carbocycles.